The molecule has 2 heteroatoms. The molecular formula is C27H44O2. The summed E-state index contributed by atoms with van der Waals surface area (Å²) in [6.07, 6.45) is 15.8. The van der Waals surface area contributed by atoms with Gasteiger partial charge in [-0.2, -0.15) is 0 Å². The first-order valence-electron chi connectivity index (χ1n) is 12.4. The Kier molecular flexibility index (Phi) is 5.61. The van der Waals surface area contributed by atoms with Crippen molar-refractivity contribution in [3.05, 3.63) is 23.3 Å². The Morgan fingerprint density at radius 3 is 2.55 bits per heavy atom. The van der Waals surface area contributed by atoms with Crippen molar-refractivity contribution < 1.29 is 10.2 Å². The van der Waals surface area contributed by atoms with Crippen LogP contribution in [0.25, 0.3) is 0 Å². The molecule has 0 radical (unpaired) electrons. The summed E-state index contributed by atoms with van der Waals surface area (Å²) in [5, 5.41) is 21.7. The van der Waals surface area contributed by atoms with E-state index in [0.29, 0.717) is 17.8 Å². The van der Waals surface area contributed by atoms with Gasteiger partial charge >= 0.3 is 0 Å². The third-order valence-electron chi connectivity index (χ3n) is 9.76. The van der Waals surface area contributed by atoms with Crippen molar-refractivity contribution in [2.75, 3.05) is 0 Å². The van der Waals surface area contributed by atoms with E-state index in [9.17, 15) is 10.2 Å². The quantitative estimate of drug-likeness (QED) is 0.559. The maximum absolute atomic E-state index is 11.5. The van der Waals surface area contributed by atoms with Gasteiger partial charge < -0.3 is 10.2 Å². The summed E-state index contributed by atoms with van der Waals surface area (Å²) in [5.74, 6) is 2.42. The Balaban J connectivity index is 1.57. The van der Waals surface area contributed by atoms with Gasteiger partial charge in [0.1, 0.15) is 0 Å². The second-order valence-corrected chi connectivity index (χ2v) is 12.1. The molecule has 0 bridgehead atoms. The van der Waals surface area contributed by atoms with Gasteiger partial charge in [0.2, 0.25) is 0 Å². The molecule has 164 valence electrons. The summed E-state index contributed by atoms with van der Waals surface area (Å²) >= 11 is 0. The lowest BCUT2D eigenvalue weighted by atomic mass is 9.49. The molecule has 29 heavy (non-hydrogen) atoms. The van der Waals surface area contributed by atoms with E-state index in [2.05, 4.69) is 46.8 Å². The summed E-state index contributed by atoms with van der Waals surface area (Å²) in [6, 6.07) is 0. The van der Waals surface area contributed by atoms with Crippen molar-refractivity contribution >= 4 is 0 Å². The average molecular weight is 401 g/mol. The highest BCUT2D eigenvalue weighted by molar-refractivity contribution is 5.39. The molecule has 2 nitrogen and oxygen atoms in total. The zero-order valence-electron chi connectivity index (χ0n) is 19.5. The van der Waals surface area contributed by atoms with Crippen LogP contribution in [0.2, 0.25) is 0 Å². The fourth-order valence-electron chi connectivity index (χ4n) is 8.05. The van der Waals surface area contributed by atoms with E-state index in [1.807, 2.05) is 0 Å². The molecule has 0 aromatic rings. The van der Waals surface area contributed by atoms with E-state index in [0.717, 1.165) is 38.0 Å². The van der Waals surface area contributed by atoms with Gasteiger partial charge in [0, 0.05) is 0 Å². The van der Waals surface area contributed by atoms with Crippen molar-refractivity contribution in [2.45, 2.75) is 111 Å². The van der Waals surface area contributed by atoms with Crippen LogP contribution in [-0.4, -0.2) is 21.9 Å². The SMILES string of the molecule is CC(C)CCC[C@](C)(O)[C@H]1CC[C@H]2C3=CC=C4C[C@@H](O)CC[C@]4(C)[C@H]3CC[C@@]21C. The van der Waals surface area contributed by atoms with Crippen LogP contribution in [0, 0.1) is 34.5 Å². The fraction of sp³-hybridized carbons (Fsp3) is 0.852. The van der Waals surface area contributed by atoms with Crippen LogP contribution in [0.5, 0.6) is 0 Å². The number of aliphatic hydroxyl groups excluding tert-OH is 1. The smallest absolute Gasteiger partial charge is 0.0653 e. The first kappa shape index (κ1) is 21.6. The van der Waals surface area contributed by atoms with Crippen LogP contribution in [-0.2, 0) is 0 Å². The number of hydrogen-bond acceptors (Lipinski definition) is 2. The molecule has 2 N–H and O–H groups in total. The third kappa shape index (κ3) is 3.57. The lowest BCUT2D eigenvalue weighted by Crippen LogP contribution is -2.49. The van der Waals surface area contributed by atoms with E-state index < -0.39 is 5.60 Å². The topological polar surface area (TPSA) is 40.5 Å². The molecule has 0 heterocycles. The molecule has 0 aliphatic heterocycles. The van der Waals surface area contributed by atoms with Crippen LogP contribution in [0.1, 0.15) is 98.8 Å². The van der Waals surface area contributed by atoms with Crippen molar-refractivity contribution in [2.24, 2.45) is 34.5 Å². The molecule has 0 amide bonds. The summed E-state index contributed by atoms with van der Waals surface area (Å²) in [5.41, 5.74) is 3.12. The molecule has 4 rings (SSSR count). The Labute approximate surface area is 178 Å². The Morgan fingerprint density at radius 2 is 1.83 bits per heavy atom. The lowest BCUT2D eigenvalue weighted by molar-refractivity contribution is -0.0726. The molecule has 0 spiro atoms. The summed E-state index contributed by atoms with van der Waals surface area (Å²) < 4.78 is 0. The molecule has 0 aromatic carbocycles. The molecule has 0 aromatic heterocycles. The fourth-order valence-corrected chi connectivity index (χ4v) is 8.05. The van der Waals surface area contributed by atoms with E-state index in [4.69, 9.17) is 0 Å². The number of fused-ring (bicyclic) bond motifs is 5. The second-order valence-electron chi connectivity index (χ2n) is 12.1. The molecular weight excluding hydrogens is 356 g/mol. The predicted octanol–water partition coefficient (Wildman–Crippen LogP) is 6.42. The van der Waals surface area contributed by atoms with Crippen molar-refractivity contribution in [1.29, 1.82) is 0 Å². The molecule has 4 aliphatic carbocycles. The molecule has 3 fully saturated rings. The zero-order chi connectivity index (χ0) is 21.0. The molecule has 0 unspecified atom stereocenters. The van der Waals surface area contributed by atoms with Gasteiger partial charge in [0.05, 0.1) is 11.7 Å². The van der Waals surface area contributed by atoms with Gasteiger partial charge in [-0.05, 0) is 92.8 Å². The van der Waals surface area contributed by atoms with E-state index in [1.54, 1.807) is 5.57 Å². The maximum atomic E-state index is 11.5. The maximum Gasteiger partial charge on any atom is 0.0653 e. The van der Waals surface area contributed by atoms with E-state index >= 15 is 0 Å². The highest BCUT2D eigenvalue weighted by Gasteiger charge is 2.59. The van der Waals surface area contributed by atoms with Gasteiger partial charge in [-0.15, -0.1) is 0 Å². The standard InChI is InChI=1S/C27H44O2/c1-18(2)7-6-14-27(5,29)24-11-10-22-21-9-8-19-17-20(28)12-15-25(19,3)23(21)13-16-26(22,24)4/h8-9,18,20,22-24,28-29H,6-7,10-17H2,1-5H3/t20-,22-,23-,24-,25-,26-,27-/m0/s1. The first-order valence-corrected chi connectivity index (χ1v) is 12.4. The summed E-state index contributed by atoms with van der Waals surface area (Å²) in [7, 11) is 0. The first-order chi connectivity index (χ1) is 13.6. The minimum absolute atomic E-state index is 0.144. The second kappa shape index (κ2) is 7.52. The summed E-state index contributed by atoms with van der Waals surface area (Å²) in [4.78, 5) is 0. The number of rotatable bonds is 5. The largest absolute Gasteiger partial charge is 0.393 e. The monoisotopic (exact) mass is 400 g/mol. The Hall–Kier alpha value is -0.600. The average Bonchev–Trinajstić information content (AvgIpc) is 3.00. The van der Waals surface area contributed by atoms with Crippen LogP contribution in [0.3, 0.4) is 0 Å². The zero-order valence-corrected chi connectivity index (χ0v) is 19.5. The molecule has 0 saturated heterocycles. The van der Waals surface area contributed by atoms with Gasteiger partial charge in [0.15, 0.2) is 0 Å². The van der Waals surface area contributed by atoms with Crippen molar-refractivity contribution in [3.8, 4) is 0 Å². The molecule has 7 atom stereocenters. The number of aliphatic hydroxyl groups is 2. The van der Waals surface area contributed by atoms with Gasteiger partial charge in [0.25, 0.3) is 0 Å². The van der Waals surface area contributed by atoms with E-state index in [-0.39, 0.29) is 16.9 Å². The lowest BCUT2D eigenvalue weighted by Gasteiger charge is -2.55. The highest BCUT2D eigenvalue weighted by atomic mass is 16.3. The number of allylic oxidation sites excluding steroid dienone is 3. The van der Waals surface area contributed by atoms with Gasteiger partial charge in [-0.3, -0.25) is 0 Å². The third-order valence-corrected chi connectivity index (χ3v) is 9.76. The van der Waals surface area contributed by atoms with Crippen molar-refractivity contribution in [1.82, 2.24) is 0 Å². The van der Waals surface area contributed by atoms with Crippen LogP contribution >= 0.6 is 0 Å². The Bertz CT molecular complexity index is 687. The highest BCUT2D eigenvalue weighted by Crippen LogP contribution is 2.66. The Morgan fingerprint density at radius 1 is 1.07 bits per heavy atom. The normalized spacial score (nSPS) is 43.7. The molecule has 3 saturated carbocycles. The van der Waals surface area contributed by atoms with Crippen LogP contribution in [0.4, 0.5) is 0 Å². The van der Waals surface area contributed by atoms with Crippen LogP contribution in [0.15, 0.2) is 23.3 Å². The number of hydrogen-bond donors (Lipinski definition) is 2. The predicted molar refractivity (Wildman–Crippen MR) is 120 cm³/mol. The van der Waals surface area contributed by atoms with Gasteiger partial charge in [-0.1, -0.05) is 63.8 Å². The minimum atomic E-state index is -0.541. The van der Waals surface area contributed by atoms with Crippen molar-refractivity contribution in [3.63, 3.8) is 0 Å². The molecule has 4 aliphatic rings. The summed E-state index contributed by atoms with van der Waals surface area (Å²) in [6.45, 7) is 11.7. The van der Waals surface area contributed by atoms with Gasteiger partial charge in [-0.25, -0.2) is 0 Å². The van der Waals surface area contributed by atoms with Crippen LogP contribution < -0.4 is 0 Å². The minimum Gasteiger partial charge on any atom is -0.393 e. The van der Waals surface area contributed by atoms with E-state index in [1.165, 1.54) is 37.7 Å².